The van der Waals surface area contributed by atoms with Crippen molar-refractivity contribution >= 4 is 5.97 Å². The molecule has 0 aliphatic heterocycles. The Morgan fingerprint density at radius 2 is 1.56 bits per heavy atom. The first kappa shape index (κ1) is 17.5. The van der Waals surface area contributed by atoms with E-state index in [9.17, 15) is 4.79 Å². The topological polar surface area (TPSA) is 26.3 Å². The van der Waals surface area contributed by atoms with E-state index in [0.29, 0.717) is 0 Å². The quantitative estimate of drug-likeness (QED) is 0.379. The molecule has 0 bridgehead atoms. The average Bonchev–Trinajstić information content (AvgIpc) is 2.37. The van der Waals surface area contributed by atoms with Gasteiger partial charge in [0, 0.05) is 0 Å². The van der Waals surface area contributed by atoms with Crippen molar-refractivity contribution in [2.45, 2.75) is 91.6 Å². The maximum atomic E-state index is 11.9. The molecule has 0 spiro atoms. The molecule has 0 rings (SSSR count). The second kappa shape index (κ2) is 11.6. The molecule has 2 heteroatoms. The largest absolute Gasteiger partial charge is 0.462 e. The third kappa shape index (κ3) is 8.54. The van der Waals surface area contributed by atoms with Crippen LogP contribution in [0.2, 0.25) is 0 Å². The molecule has 2 nitrogen and oxygen atoms in total. The minimum atomic E-state index is 0.0143. The molecule has 0 heterocycles. The van der Waals surface area contributed by atoms with Gasteiger partial charge < -0.3 is 4.74 Å². The highest BCUT2D eigenvalue weighted by Gasteiger charge is 2.19. The standard InChI is InChI=1S/C16H32O2/c1-5-8-9-10-11-12-13-15(7-3)16(17)18-14(4)6-2/h14-15H,5-13H2,1-4H3. The maximum absolute atomic E-state index is 11.9. The van der Waals surface area contributed by atoms with Crippen molar-refractivity contribution in [2.75, 3.05) is 0 Å². The zero-order chi connectivity index (χ0) is 13.8. The van der Waals surface area contributed by atoms with E-state index in [0.717, 1.165) is 25.7 Å². The zero-order valence-electron chi connectivity index (χ0n) is 12.8. The van der Waals surface area contributed by atoms with E-state index in [1.807, 2.05) is 13.8 Å². The summed E-state index contributed by atoms with van der Waals surface area (Å²) in [6.07, 6.45) is 10.6. The first-order valence-corrected chi connectivity index (χ1v) is 7.86. The minimum absolute atomic E-state index is 0.0143. The summed E-state index contributed by atoms with van der Waals surface area (Å²) in [7, 11) is 0. The first-order chi connectivity index (χ1) is 8.65. The summed E-state index contributed by atoms with van der Waals surface area (Å²) < 4.78 is 5.41. The second-order valence-electron chi connectivity index (χ2n) is 5.32. The van der Waals surface area contributed by atoms with Gasteiger partial charge in [-0.2, -0.15) is 0 Å². The number of carbonyl (C=O) groups excluding carboxylic acids is 1. The lowest BCUT2D eigenvalue weighted by Crippen LogP contribution is -2.22. The molecule has 0 aromatic heterocycles. The van der Waals surface area contributed by atoms with Gasteiger partial charge in [0.1, 0.15) is 0 Å². The van der Waals surface area contributed by atoms with Crippen LogP contribution in [-0.2, 0) is 9.53 Å². The van der Waals surface area contributed by atoms with Crippen molar-refractivity contribution in [1.29, 1.82) is 0 Å². The van der Waals surface area contributed by atoms with Crippen LogP contribution in [-0.4, -0.2) is 12.1 Å². The van der Waals surface area contributed by atoms with Gasteiger partial charge in [0.2, 0.25) is 0 Å². The van der Waals surface area contributed by atoms with Crippen LogP contribution < -0.4 is 0 Å². The summed E-state index contributed by atoms with van der Waals surface area (Å²) in [5.74, 6) is 0.130. The fourth-order valence-corrected chi connectivity index (χ4v) is 2.04. The number of hydrogen-bond donors (Lipinski definition) is 0. The van der Waals surface area contributed by atoms with E-state index in [1.54, 1.807) is 0 Å². The molecule has 0 radical (unpaired) electrons. The lowest BCUT2D eigenvalue weighted by atomic mass is 9.98. The van der Waals surface area contributed by atoms with Crippen LogP contribution in [0.1, 0.15) is 85.5 Å². The number of carbonyl (C=O) groups is 1. The van der Waals surface area contributed by atoms with Crippen molar-refractivity contribution in [1.82, 2.24) is 0 Å². The Labute approximate surface area is 113 Å². The third-order valence-electron chi connectivity index (χ3n) is 3.62. The highest BCUT2D eigenvalue weighted by molar-refractivity contribution is 5.72. The third-order valence-corrected chi connectivity index (χ3v) is 3.62. The number of ether oxygens (including phenoxy) is 1. The normalized spacial score (nSPS) is 14.2. The van der Waals surface area contributed by atoms with E-state index in [1.165, 1.54) is 32.1 Å². The van der Waals surface area contributed by atoms with E-state index in [2.05, 4.69) is 13.8 Å². The van der Waals surface area contributed by atoms with E-state index >= 15 is 0 Å². The molecule has 0 saturated carbocycles. The van der Waals surface area contributed by atoms with Gasteiger partial charge in [0.25, 0.3) is 0 Å². The molecule has 0 saturated heterocycles. The summed E-state index contributed by atoms with van der Waals surface area (Å²) >= 11 is 0. The van der Waals surface area contributed by atoms with Crippen molar-refractivity contribution in [3.05, 3.63) is 0 Å². The van der Waals surface area contributed by atoms with Crippen molar-refractivity contribution in [3.8, 4) is 0 Å². The summed E-state index contributed by atoms with van der Waals surface area (Å²) in [5.41, 5.74) is 0. The minimum Gasteiger partial charge on any atom is -0.462 e. The fraction of sp³-hybridized carbons (Fsp3) is 0.938. The van der Waals surface area contributed by atoms with Crippen molar-refractivity contribution < 1.29 is 9.53 Å². The fourth-order valence-electron chi connectivity index (χ4n) is 2.04. The highest BCUT2D eigenvalue weighted by Crippen LogP contribution is 2.17. The highest BCUT2D eigenvalue weighted by atomic mass is 16.5. The van der Waals surface area contributed by atoms with Crippen molar-refractivity contribution in [2.24, 2.45) is 5.92 Å². The van der Waals surface area contributed by atoms with Crippen LogP contribution in [0.5, 0.6) is 0 Å². The molecular weight excluding hydrogens is 224 g/mol. The smallest absolute Gasteiger partial charge is 0.309 e. The molecule has 2 atom stereocenters. The summed E-state index contributed by atoms with van der Waals surface area (Å²) in [6.45, 7) is 8.33. The van der Waals surface area contributed by atoms with Gasteiger partial charge in [-0.25, -0.2) is 0 Å². The molecule has 0 fully saturated rings. The number of hydrogen-bond acceptors (Lipinski definition) is 2. The van der Waals surface area contributed by atoms with Gasteiger partial charge in [-0.05, 0) is 26.2 Å². The van der Waals surface area contributed by atoms with Gasteiger partial charge in [-0.1, -0.05) is 59.3 Å². The average molecular weight is 256 g/mol. The predicted octanol–water partition coefficient (Wildman–Crippen LogP) is 5.10. The molecule has 0 aromatic carbocycles. The molecule has 0 aromatic rings. The van der Waals surface area contributed by atoms with Crippen LogP contribution in [0, 0.1) is 5.92 Å². The number of unbranched alkanes of at least 4 members (excludes halogenated alkanes) is 5. The van der Waals surface area contributed by atoms with Gasteiger partial charge in [0.15, 0.2) is 0 Å². The van der Waals surface area contributed by atoms with Gasteiger partial charge >= 0.3 is 5.97 Å². The Morgan fingerprint density at radius 1 is 0.944 bits per heavy atom. The van der Waals surface area contributed by atoms with Crippen molar-refractivity contribution in [3.63, 3.8) is 0 Å². The second-order valence-corrected chi connectivity index (χ2v) is 5.32. The first-order valence-electron chi connectivity index (χ1n) is 7.86. The number of rotatable bonds is 11. The van der Waals surface area contributed by atoms with Gasteiger partial charge in [-0.15, -0.1) is 0 Å². The van der Waals surface area contributed by atoms with Crippen LogP contribution in [0.4, 0.5) is 0 Å². The number of esters is 1. The summed E-state index contributed by atoms with van der Waals surface area (Å²) in [5, 5.41) is 0. The molecule has 0 amide bonds. The Kier molecular flexibility index (Phi) is 11.2. The zero-order valence-corrected chi connectivity index (χ0v) is 12.8. The predicted molar refractivity (Wildman–Crippen MR) is 77.6 cm³/mol. The Hall–Kier alpha value is -0.530. The van der Waals surface area contributed by atoms with E-state index < -0.39 is 0 Å². The van der Waals surface area contributed by atoms with Crippen LogP contribution in [0.25, 0.3) is 0 Å². The van der Waals surface area contributed by atoms with Crippen LogP contribution >= 0.6 is 0 Å². The van der Waals surface area contributed by atoms with E-state index in [4.69, 9.17) is 4.74 Å². The molecule has 0 aliphatic rings. The monoisotopic (exact) mass is 256 g/mol. The molecule has 0 N–H and O–H groups in total. The maximum Gasteiger partial charge on any atom is 0.309 e. The van der Waals surface area contributed by atoms with Crippen LogP contribution in [0.15, 0.2) is 0 Å². The molecule has 2 unspecified atom stereocenters. The molecule has 18 heavy (non-hydrogen) atoms. The van der Waals surface area contributed by atoms with Gasteiger partial charge in [0.05, 0.1) is 12.0 Å². The molecule has 0 aliphatic carbocycles. The van der Waals surface area contributed by atoms with E-state index in [-0.39, 0.29) is 18.0 Å². The lowest BCUT2D eigenvalue weighted by Gasteiger charge is -2.17. The molecule has 108 valence electrons. The van der Waals surface area contributed by atoms with Crippen LogP contribution in [0.3, 0.4) is 0 Å². The lowest BCUT2D eigenvalue weighted by molar-refractivity contribution is -0.153. The Balaban J connectivity index is 3.72. The molecular formula is C16H32O2. The summed E-state index contributed by atoms with van der Waals surface area (Å²) in [6, 6.07) is 0. The Morgan fingerprint density at radius 3 is 2.11 bits per heavy atom. The SMILES string of the molecule is CCCCCCCCC(CC)C(=O)OC(C)CC. The van der Waals surface area contributed by atoms with Gasteiger partial charge in [-0.3, -0.25) is 4.79 Å². The Bertz CT molecular complexity index is 201. The summed E-state index contributed by atoms with van der Waals surface area (Å²) in [4.78, 5) is 11.9.